The van der Waals surface area contributed by atoms with E-state index < -0.39 is 0 Å². The molecule has 4 nitrogen and oxygen atoms in total. The predicted molar refractivity (Wildman–Crippen MR) is 82.3 cm³/mol. The van der Waals surface area contributed by atoms with Gasteiger partial charge in [-0.1, -0.05) is 13.3 Å². The largest absolute Gasteiger partial charge is 0.399 e. The van der Waals surface area contributed by atoms with Crippen molar-refractivity contribution in [1.29, 1.82) is 0 Å². The first-order valence-corrected chi connectivity index (χ1v) is 7.73. The lowest BCUT2D eigenvalue weighted by Crippen LogP contribution is -2.38. The van der Waals surface area contributed by atoms with Gasteiger partial charge in [-0.3, -0.25) is 4.79 Å². The normalized spacial score (nSPS) is 22.4. The monoisotopic (exact) mass is 279 g/mol. The highest BCUT2D eigenvalue weighted by Gasteiger charge is 2.28. The first-order chi connectivity index (χ1) is 9.10. The molecule has 104 valence electrons. The summed E-state index contributed by atoms with van der Waals surface area (Å²) in [6, 6.07) is 5.26. The van der Waals surface area contributed by atoms with E-state index in [9.17, 15) is 4.79 Å². The molecule has 2 atom stereocenters. The predicted octanol–water partition coefficient (Wildman–Crippen LogP) is 2.25. The zero-order chi connectivity index (χ0) is 13.8. The Balaban J connectivity index is 2.04. The van der Waals surface area contributed by atoms with Gasteiger partial charge in [-0.05, 0) is 36.8 Å². The summed E-state index contributed by atoms with van der Waals surface area (Å²) in [7, 11) is 0. The minimum Gasteiger partial charge on any atom is -0.399 e. The van der Waals surface area contributed by atoms with E-state index in [1.807, 2.05) is 11.8 Å². The number of carbonyl (C=O) groups excluding carboxylic acids is 1. The molecule has 1 aliphatic carbocycles. The summed E-state index contributed by atoms with van der Waals surface area (Å²) in [4.78, 5) is 12.2. The molecule has 1 aromatic carbocycles. The number of nitrogens with two attached hydrogens (primary N) is 2. The third kappa shape index (κ3) is 3.56. The molecule has 1 amide bonds. The van der Waals surface area contributed by atoms with Crippen molar-refractivity contribution in [2.75, 3.05) is 17.2 Å². The van der Waals surface area contributed by atoms with Crippen LogP contribution < -0.4 is 16.8 Å². The standard InChI is InChI=1S/C14H21N3OS/c1-2-19-13-5-3-4-12(13)17-14(18)9-6-10(15)8-11(16)7-9/h6-8,12-13H,2-5,15-16H2,1H3,(H,17,18). The summed E-state index contributed by atoms with van der Waals surface area (Å²) < 4.78 is 0. The van der Waals surface area contributed by atoms with Crippen LogP contribution in [0.2, 0.25) is 0 Å². The first kappa shape index (κ1) is 14.1. The Morgan fingerprint density at radius 2 is 2.00 bits per heavy atom. The van der Waals surface area contributed by atoms with Gasteiger partial charge in [-0.15, -0.1) is 0 Å². The van der Waals surface area contributed by atoms with Crippen molar-refractivity contribution in [3.05, 3.63) is 23.8 Å². The van der Waals surface area contributed by atoms with Crippen LogP contribution in [0.15, 0.2) is 18.2 Å². The fraction of sp³-hybridized carbons (Fsp3) is 0.500. The maximum atomic E-state index is 12.2. The average molecular weight is 279 g/mol. The highest BCUT2D eigenvalue weighted by molar-refractivity contribution is 7.99. The summed E-state index contributed by atoms with van der Waals surface area (Å²) in [6.07, 6.45) is 3.42. The smallest absolute Gasteiger partial charge is 0.251 e. The number of amides is 1. The third-order valence-electron chi connectivity index (χ3n) is 3.39. The molecule has 0 bridgehead atoms. The summed E-state index contributed by atoms with van der Waals surface area (Å²) in [5, 5.41) is 3.65. The quantitative estimate of drug-likeness (QED) is 0.738. The molecule has 1 aromatic rings. The molecule has 0 aliphatic heterocycles. The molecule has 0 saturated heterocycles. The van der Waals surface area contributed by atoms with E-state index in [4.69, 9.17) is 11.5 Å². The number of benzene rings is 1. The molecule has 1 fully saturated rings. The van der Waals surface area contributed by atoms with E-state index in [0.717, 1.165) is 12.2 Å². The Morgan fingerprint density at radius 1 is 1.32 bits per heavy atom. The molecule has 2 unspecified atom stereocenters. The van der Waals surface area contributed by atoms with E-state index in [-0.39, 0.29) is 11.9 Å². The SMILES string of the molecule is CCSC1CCCC1NC(=O)c1cc(N)cc(N)c1. The van der Waals surface area contributed by atoms with Gasteiger partial charge < -0.3 is 16.8 Å². The number of nitrogens with one attached hydrogen (secondary N) is 1. The van der Waals surface area contributed by atoms with Crippen LogP contribution in [-0.2, 0) is 0 Å². The van der Waals surface area contributed by atoms with E-state index in [0.29, 0.717) is 22.2 Å². The first-order valence-electron chi connectivity index (χ1n) is 6.68. The number of rotatable bonds is 4. The van der Waals surface area contributed by atoms with Crippen molar-refractivity contribution >= 4 is 29.0 Å². The van der Waals surface area contributed by atoms with Gasteiger partial charge in [0.05, 0.1) is 0 Å². The molecule has 0 aromatic heterocycles. The Hall–Kier alpha value is -1.36. The average Bonchev–Trinajstić information content (AvgIpc) is 2.76. The number of anilines is 2. The topological polar surface area (TPSA) is 81.1 Å². The zero-order valence-electron chi connectivity index (χ0n) is 11.2. The van der Waals surface area contributed by atoms with Crippen molar-refractivity contribution in [3.63, 3.8) is 0 Å². The number of hydrogen-bond donors (Lipinski definition) is 3. The summed E-state index contributed by atoms with van der Waals surface area (Å²) in [5.41, 5.74) is 13.0. The number of hydrogen-bond acceptors (Lipinski definition) is 4. The number of thioether (sulfide) groups is 1. The minimum absolute atomic E-state index is 0.0763. The maximum Gasteiger partial charge on any atom is 0.251 e. The van der Waals surface area contributed by atoms with Crippen LogP contribution in [0.4, 0.5) is 11.4 Å². The summed E-state index contributed by atoms with van der Waals surface area (Å²) >= 11 is 1.93. The molecular formula is C14H21N3OS. The van der Waals surface area contributed by atoms with Gasteiger partial charge in [0, 0.05) is 28.2 Å². The second kappa shape index (κ2) is 6.19. The molecule has 19 heavy (non-hydrogen) atoms. The Labute approximate surface area is 118 Å². The van der Waals surface area contributed by atoms with Crippen molar-refractivity contribution in [1.82, 2.24) is 5.32 Å². The summed E-state index contributed by atoms with van der Waals surface area (Å²) in [5.74, 6) is 1.01. The Morgan fingerprint density at radius 3 is 2.63 bits per heavy atom. The second-order valence-electron chi connectivity index (χ2n) is 4.89. The van der Waals surface area contributed by atoms with Crippen LogP contribution in [0, 0.1) is 0 Å². The lowest BCUT2D eigenvalue weighted by Gasteiger charge is -2.20. The van der Waals surface area contributed by atoms with Crippen LogP contribution in [0.5, 0.6) is 0 Å². The summed E-state index contributed by atoms with van der Waals surface area (Å²) in [6.45, 7) is 2.15. The van der Waals surface area contributed by atoms with Crippen LogP contribution in [0.3, 0.4) is 0 Å². The maximum absolute atomic E-state index is 12.2. The molecule has 0 radical (unpaired) electrons. The van der Waals surface area contributed by atoms with Crippen LogP contribution in [0.25, 0.3) is 0 Å². The van der Waals surface area contributed by atoms with E-state index >= 15 is 0 Å². The molecule has 5 heteroatoms. The van der Waals surface area contributed by atoms with E-state index in [2.05, 4.69) is 12.2 Å². The molecule has 0 spiro atoms. The molecule has 1 aliphatic rings. The van der Waals surface area contributed by atoms with Gasteiger partial charge in [0.2, 0.25) is 0 Å². The van der Waals surface area contributed by atoms with Gasteiger partial charge in [0.1, 0.15) is 0 Å². The van der Waals surface area contributed by atoms with Crippen LogP contribution >= 0.6 is 11.8 Å². The van der Waals surface area contributed by atoms with Gasteiger partial charge in [0.25, 0.3) is 5.91 Å². The lowest BCUT2D eigenvalue weighted by molar-refractivity contribution is 0.0939. The molecule has 5 N–H and O–H groups in total. The molecule has 0 heterocycles. The Bertz CT molecular complexity index is 444. The fourth-order valence-electron chi connectivity index (χ4n) is 2.56. The van der Waals surface area contributed by atoms with Crippen molar-refractivity contribution in [2.45, 2.75) is 37.5 Å². The molecule has 1 saturated carbocycles. The van der Waals surface area contributed by atoms with Gasteiger partial charge in [-0.2, -0.15) is 11.8 Å². The van der Waals surface area contributed by atoms with Gasteiger partial charge in [0.15, 0.2) is 0 Å². The Kier molecular flexibility index (Phi) is 4.58. The zero-order valence-corrected chi connectivity index (χ0v) is 12.0. The molecular weight excluding hydrogens is 258 g/mol. The van der Waals surface area contributed by atoms with Gasteiger partial charge in [-0.25, -0.2) is 0 Å². The van der Waals surface area contributed by atoms with Crippen molar-refractivity contribution in [3.8, 4) is 0 Å². The van der Waals surface area contributed by atoms with Crippen molar-refractivity contribution < 1.29 is 4.79 Å². The molecule has 2 rings (SSSR count). The fourth-order valence-corrected chi connectivity index (χ4v) is 3.76. The van der Waals surface area contributed by atoms with Crippen LogP contribution in [0.1, 0.15) is 36.5 Å². The van der Waals surface area contributed by atoms with Gasteiger partial charge >= 0.3 is 0 Å². The third-order valence-corrected chi connectivity index (χ3v) is 4.72. The number of carbonyl (C=O) groups is 1. The van der Waals surface area contributed by atoms with Crippen molar-refractivity contribution in [2.24, 2.45) is 0 Å². The number of nitrogen functional groups attached to an aromatic ring is 2. The lowest BCUT2D eigenvalue weighted by atomic mass is 10.1. The highest BCUT2D eigenvalue weighted by Crippen LogP contribution is 2.30. The van der Waals surface area contributed by atoms with E-state index in [1.165, 1.54) is 12.8 Å². The van der Waals surface area contributed by atoms with E-state index in [1.54, 1.807) is 18.2 Å². The highest BCUT2D eigenvalue weighted by atomic mass is 32.2. The minimum atomic E-state index is -0.0763. The second-order valence-corrected chi connectivity index (χ2v) is 6.41. The van der Waals surface area contributed by atoms with Crippen LogP contribution in [-0.4, -0.2) is 23.0 Å².